The van der Waals surface area contributed by atoms with Gasteiger partial charge < -0.3 is 9.80 Å². The zero-order valence-electron chi connectivity index (χ0n) is 10.3. The van der Waals surface area contributed by atoms with Crippen LogP contribution in [0, 0.1) is 0 Å². The lowest BCUT2D eigenvalue weighted by Gasteiger charge is -2.18. The SMILES string of the molecule is C/C(=C\N1C(C(C)N(C)C)C1(C)F)C(F)F. The molecule has 16 heavy (non-hydrogen) atoms. The van der Waals surface area contributed by atoms with E-state index in [0.29, 0.717) is 0 Å². The van der Waals surface area contributed by atoms with Gasteiger partial charge >= 0.3 is 0 Å². The maximum Gasteiger partial charge on any atom is 0.261 e. The molecule has 0 saturated carbocycles. The van der Waals surface area contributed by atoms with Crippen molar-refractivity contribution in [2.24, 2.45) is 0 Å². The normalized spacial score (nSPS) is 32.5. The van der Waals surface area contributed by atoms with E-state index in [1.54, 1.807) is 0 Å². The van der Waals surface area contributed by atoms with Gasteiger partial charge in [-0.3, -0.25) is 0 Å². The lowest BCUT2D eigenvalue weighted by Crippen LogP contribution is -2.32. The molecule has 0 amide bonds. The molecule has 0 aromatic carbocycles. The Morgan fingerprint density at radius 3 is 2.31 bits per heavy atom. The first-order chi connectivity index (χ1) is 7.19. The van der Waals surface area contributed by atoms with Crippen LogP contribution in [0.1, 0.15) is 20.8 Å². The van der Waals surface area contributed by atoms with Crippen LogP contribution in [0.2, 0.25) is 0 Å². The monoisotopic (exact) mass is 236 g/mol. The molecule has 0 spiro atoms. The van der Waals surface area contributed by atoms with Crippen LogP contribution in [-0.4, -0.2) is 48.2 Å². The second kappa shape index (κ2) is 4.28. The topological polar surface area (TPSA) is 6.25 Å². The van der Waals surface area contributed by atoms with Crippen LogP contribution >= 0.6 is 0 Å². The number of alkyl halides is 3. The van der Waals surface area contributed by atoms with E-state index >= 15 is 0 Å². The van der Waals surface area contributed by atoms with Gasteiger partial charge in [-0.05, 0) is 34.9 Å². The number of hydrogen-bond donors (Lipinski definition) is 0. The Kier molecular flexibility index (Phi) is 3.57. The summed E-state index contributed by atoms with van der Waals surface area (Å²) in [5.41, 5.74) is -0.0997. The molecule has 1 fully saturated rings. The summed E-state index contributed by atoms with van der Waals surface area (Å²) in [6.07, 6.45) is -1.29. The third-order valence-corrected chi connectivity index (χ3v) is 3.24. The Balaban J connectivity index is 2.75. The van der Waals surface area contributed by atoms with E-state index in [9.17, 15) is 13.2 Å². The van der Waals surface area contributed by atoms with Crippen molar-refractivity contribution in [3.8, 4) is 0 Å². The standard InChI is InChI=1S/C11H19F3N2/c1-7(10(12)13)6-16-9(11(16,3)14)8(2)15(4)5/h6,8-10H,1-5H3/b7-6+. The van der Waals surface area contributed by atoms with Crippen molar-refractivity contribution in [1.82, 2.24) is 9.80 Å². The number of hydrogen-bond acceptors (Lipinski definition) is 2. The van der Waals surface area contributed by atoms with Gasteiger partial charge in [-0.25, -0.2) is 13.2 Å². The number of rotatable bonds is 4. The van der Waals surface area contributed by atoms with E-state index in [1.165, 1.54) is 24.9 Å². The molecule has 3 atom stereocenters. The highest BCUT2D eigenvalue weighted by Gasteiger charge is 2.61. The van der Waals surface area contributed by atoms with Gasteiger partial charge in [0.1, 0.15) is 0 Å². The minimum absolute atomic E-state index is 0.0169. The zero-order chi connectivity index (χ0) is 12.7. The van der Waals surface area contributed by atoms with E-state index in [4.69, 9.17) is 0 Å². The highest BCUT2D eigenvalue weighted by atomic mass is 19.3. The molecule has 1 aliphatic heterocycles. The average Bonchev–Trinajstić information content (AvgIpc) is 2.66. The molecule has 1 aliphatic rings. The minimum atomic E-state index is -2.52. The third kappa shape index (κ3) is 2.34. The van der Waals surface area contributed by atoms with Crippen LogP contribution < -0.4 is 0 Å². The van der Waals surface area contributed by atoms with Gasteiger partial charge in [-0.15, -0.1) is 0 Å². The fourth-order valence-electron chi connectivity index (χ4n) is 1.85. The van der Waals surface area contributed by atoms with E-state index < -0.39 is 12.2 Å². The first kappa shape index (κ1) is 13.4. The molecule has 0 aromatic rings. The van der Waals surface area contributed by atoms with Crippen LogP contribution in [0.4, 0.5) is 13.2 Å². The smallest absolute Gasteiger partial charge is 0.261 e. The summed E-state index contributed by atoms with van der Waals surface area (Å²) in [5, 5.41) is 0. The van der Waals surface area contributed by atoms with Crippen LogP contribution in [0.25, 0.3) is 0 Å². The Bertz CT molecular complexity index is 287. The molecule has 5 heteroatoms. The minimum Gasteiger partial charge on any atom is -0.335 e. The summed E-state index contributed by atoms with van der Waals surface area (Å²) in [7, 11) is 3.70. The largest absolute Gasteiger partial charge is 0.335 e. The fourth-order valence-corrected chi connectivity index (χ4v) is 1.85. The summed E-state index contributed by atoms with van der Waals surface area (Å²) in [6, 6.07) is -0.368. The quantitative estimate of drug-likeness (QED) is 0.546. The molecule has 2 nitrogen and oxygen atoms in total. The first-order valence-corrected chi connectivity index (χ1v) is 5.29. The zero-order valence-corrected chi connectivity index (χ0v) is 10.3. The number of likely N-dealkylation sites (N-methyl/N-ethyl adjacent to an activating group) is 1. The maximum absolute atomic E-state index is 14.0. The van der Waals surface area contributed by atoms with Crippen molar-refractivity contribution in [3.63, 3.8) is 0 Å². The highest BCUT2D eigenvalue weighted by molar-refractivity contribution is 5.19. The van der Waals surface area contributed by atoms with Crippen molar-refractivity contribution in [2.75, 3.05) is 14.1 Å². The van der Waals surface area contributed by atoms with Gasteiger partial charge in [0, 0.05) is 17.8 Å². The lowest BCUT2D eigenvalue weighted by atomic mass is 10.1. The molecule has 1 rings (SSSR count). The van der Waals surface area contributed by atoms with E-state index in [-0.39, 0.29) is 17.7 Å². The van der Waals surface area contributed by atoms with Crippen molar-refractivity contribution < 1.29 is 13.2 Å². The molecule has 0 aromatic heterocycles. The van der Waals surface area contributed by atoms with E-state index in [0.717, 1.165) is 0 Å². The number of halogens is 3. The Labute approximate surface area is 94.7 Å². The molecular formula is C11H19F3N2. The van der Waals surface area contributed by atoms with Crippen LogP contribution in [0.3, 0.4) is 0 Å². The summed E-state index contributed by atoms with van der Waals surface area (Å²) in [5.74, 6) is -1.51. The van der Waals surface area contributed by atoms with E-state index in [1.807, 2.05) is 25.9 Å². The van der Waals surface area contributed by atoms with Gasteiger partial charge in [-0.2, -0.15) is 0 Å². The first-order valence-electron chi connectivity index (χ1n) is 5.29. The second-order valence-electron chi connectivity index (χ2n) is 4.75. The highest BCUT2D eigenvalue weighted by Crippen LogP contribution is 2.46. The lowest BCUT2D eigenvalue weighted by molar-refractivity contribution is 0.186. The summed E-state index contributed by atoms with van der Waals surface area (Å²) in [4.78, 5) is 3.24. The molecule has 94 valence electrons. The third-order valence-electron chi connectivity index (χ3n) is 3.24. The summed E-state index contributed by atoms with van der Waals surface area (Å²) >= 11 is 0. The van der Waals surface area contributed by atoms with Gasteiger partial charge in [0.2, 0.25) is 5.79 Å². The van der Waals surface area contributed by atoms with Crippen molar-refractivity contribution >= 4 is 0 Å². The molecular weight excluding hydrogens is 217 g/mol. The van der Waals surface area contributed by atoms with Crippen molar-refractivity contribution in [3.05, 3.63) is 11.8 Å². The molecule has 0 aliphatic carbocycles. The van der Waals surface area contributed by atoms with Gasteiger partial charge in [0.05, 0.1) is 6.04 Å². The Hall–Kier alpha value is -0.710. The van der Waals surface area contributed by atoms with Crippen molar-refractivity contribution in [1.29, 1.82) is 0 Å². The Morgan fingerprint density at radius 2 is 1.94 bits per heavy atom. The van der Waals surface area contributed by atoms with Gasteiger partial charge in [0.15, 0.2) is 0 Å². The maximum atomic E-state index is 14.0. The Morgan fingerprint density at radius 1 is 1.44 bits per heavy atom. The number of nitrogens with zero attached hydrogens (tertiary/aromatic N) is 2. The molecule has 3 unspecified atom stereocenters. The van der Waals surface area contributed by atoms with Crippen LogP contribution in [-0.2, 0) is 0 Å². The molecule has 1 heterocycles. The van der Waals surface area contributed by atoms with Crippen molar-refractivity contribution in [2.45, 2.75) is 45.1 Å². The van der Waals surface area contributed by atoms with Crippen LogP contribution in [0.15, 0.2) is 11.8 Å². The average molecular weight is 236 g/mol. The predicted octanol–water partition coefficient (Wildman–Crippen LogP) is 2.48. The number of allylic oxidation sites excluding steroid dienone is 1. The summed E-state index contributed by atoms with van der Waals surface area (Å²) < 4.78 is 38.6. The second-order valence-corrected chi connectivity index (χ2v) is 4.75. The fraction of sp³-hybridized carbons (Fsp3) is 0.818. The molecule has 1 saturated heterocycles. The van der Waals surface area contributed by atoms with Gasteiger partial charge in [-0.1, -0.05) is 0 Å². The van der Waals surface area contributed by atoms with E-state index in [2.05, 4.69) is 0 Å². The molecule has 0 N–H and O–H groups in total. The molecule has 0 bridgehead atoms. The predicted molar refractivity (Wildman–Crippen MR) is 58.1 cm³/mol. The molecule has 0 radical (unpaired) electrons. The summed E-state index contributed by atoms with van der Waals surface area (Å²) in [6.45, 7) is 4.62. The van der Waals surface area contributed by atoms with Gasteiger partial charge in [0.25, 0.3) is 6.43 Å². The van der Waals surface area contributed by atoms with Crippen LogP contribution in [0.5, 0.6) is 0 Å².